The number of hydrogen-bond acceptors (Lipinski definition) is 4. The molecule has 1 aromatic carbocycles. The highest BCUT2D eigenvalue weighted by molar-refractivity contribution is 7.86. The molecule has 1 aromatic rings. The third kappa shape index (κ3) is 5.62. The van der Waals surface area contributed by atoms with Crippen molar-refractivity contribution in [3.8, 4) is 0 Å². The quantitative estimate of drug-likeness (QED) is 0.512. The Morgan fingerprint density at radius 3 is 2.39 bits per heavy atom. The second kappa shape index (κ2) is 8.24. The van der Waals surface area contributed by atoms with Gasteiger partial charge in [-0.2, -0.15) is 8.42 Å². The van der Waals surface area contributed by atoms with Gasteiger partial charge in [-0.3, -0.25) is 4.18 Å². The van der Waals surface area contributed by atoms with Crippen LogP contribution in [0.15, 0.2) is 35.2 Å². The topological polar surface area (TPSA) is 52.6 Å². The van der Waals surface area contributed by atoms with E-state index in [1.165, 1.54) is 12.1 Å². The van der Waals surface area contributed by atoms with E-state index in [1.54, 1.807) is 18.2 Å². The van der Waals surface area contributed by atoms with Gasteiger partial charge in [0.15, 0.2) is 0 Å². The van der Waals surface area contributed by atoms with Crippen molar-refractivity contribution in [2.75, 3.05) is 19.8 Å². The Morgan fingerprint density at radius 2 is 1.72 bits per heavy atom. The van der Waals surface area contributed by atoms with Crippen LogP contribution in [0.2, 0.25) is 0 Å². The first-order valence-electron chi connectivity index (χ1n) is 6.19. The second-order valence-electron chi connectivity index (χ2n) is 3.91. The van der Waals surface area contributed by atoms with Gasteiger partial charge in [-0.25, -0.2) is 0 Å². The maximum atomic E-state index is 11.7. The van der Waals surface area contributed by atoms with E-state index in [4.69, 9.17) is 8.92 Å². The Hall–Kier alpha value is -0.910. The van der Waals surface area contributed by atoms with Crippen LogP contribution in [0, 0.1) is 0 Å². The molecule has 1 rings (SSSR count). The number of unbranched alkanes of at least 4 members (excludes halogenated alkanes) is 2. The Bertz CT molecular complexity index is 414. The van der Waals surface area contributed by atoms with Gasteiger partial charge in [0.2, 0.25) is 0 Å². The summed E-state index contributed by atoms with van der Waals surface area (Å²) in [6, 6.07) is 8.11. The SMILES string of the molecule is CCCCCOCCOS(=O)(=O)c1ccccc1. The van der Waals surface area contributed by atoms with E-state index in [1.807, 2.05) is 0 Å². The van der Waals surface area contributed by atoms with Gasteiger partial charge in [0.1, 0.15) is 0 Å². The van der Waals surface area contributed by atoms with Crippen molar-refractivity contribution in [2.45, 2.75) is 31.1 Å². The molecule has 0 aromatic heterocycles. The van der Waals surface area contributed by atoms with E-state index in [9.17, 15) is 8.42 Å². The zero-order chi connectivity index (χ0) is 13.3. The van der Waals surface area contributed by atoms with Crippen LogP contribution in [-0.4, -0.2) is 28.2 Å². The second-order valence-corrected chi connectivity index (χ2v) is 5.52. The number of rotatable bonds is 9. The molecule has 0 fully saturated rings. The highest BCUT2D eigenvalue weighted by Crippen LogP contribution is 2.10. The average Bonchev–Trinajstić information content (AvgIpc) is 2.39. The van der Waals surface area contributed by atoms with Crippen LogP contribution in [0.5, 0.6) is 0 Å². The molecule has 0 aliphatic rings. The van der Waals surface area contributed by atoms with Crippen LogP contribution in [0.3, 0.4) is 0 Å². The molecule has 0 aliphatic heterocycles. The summed E-state index contributed by atoms with van der Waals surface area (Å²) < 4.78 is 33.5. The maximum absolute atomic E-state index is 11.7. The first kappa shape index (κ1) is 15.1. The summed E-state index contributed by atoms with van der Waals surface area (Å²) in [5.74, 6) is 0. The predicted octanol–water partition coefficient (Wildman–Crippen LogP) is 2.60. The smallest absolute Gasteiger partial charge is 0.297 e. The highest BCUT2D eigenvalue weighted by atomic mass is 32.2. The van der Waals surface area contributed by atoms with Crippen molar-refractivity contribution in [2.24, 2.45) is 0 Å². The van der Waals surface area contributed by atoms with E-state index in [0.29, 0.717) is 13.2 Å². The molecule has 0 N–H and O–H groups in total. The number of hydrogen-bond donors (Lipinski definition) is 0. The Labute approximate surface area is 109 Å². The first-order chi connectivity index (χ1) is 8.67. The minimum atomic E-state index is -3.64. The van der Waals surface area contributed by atoms with Crippen LogP contribution in [0.1, 0.15) is 26.2 Å². The van der Waals surface area contributed by atoms with Gasteiger partial charge < -0.3 is 4.74 Å². The summed E-state index contributed by atoms with van der Waals surface area (Å²) in [4.78, 5) is 0.177. The van der Waals surface area contributed by atoms with Crippen LogP contribution in [0.4, 0.5) is 0 Å². The fourth-order valence-electron chi connectivity index (χ4n) is 1.41. The lowest BCUT2D eigenvalue weighted by Gasteiger charge is -2.06. The summed E-state index contributed by atoms with van der Waals surface area (Å²) in [6.07, 6.45) is 3.27. The summed E-state index contributed by atoms with van der Waals surface area (Å²) in [5.41, 5.74) is 0. The maximum Gasteiger partial charge on any atom is 0.297 e. The molecule has 0 atom stereocenters. The van der Waals surface area contributed by atoms with Crippen molar-refractivity contribution in [3.63, 3.8) is 0 Å². The molecule has 0 heterocycles. The van der Waals surface area contributed by atoms with Gasteiger partial charge in [-0.05, 0) is 18.6 Å². The van der Waals surface area contributed by atoms with E-state index in [2.05, 4.69) is 6.92 Å². The molecule has 0 saturated carbocycles. The molecule has 0 saturated heterocycles. The van der Waals surface area contributed by atoms with Crippen molar-refractivity contribution < 1.29 is 17.3 Å². The molecule has 0 radical (unpaired) electrons. The minimum absolute atomic E-state index is 0.0589. The lowest BCUT2D eigenvalue weighted by atomic mass is 10.3. The first-order valence-corrected chi connectivity index (χ1v) is 7.60. The lowest BCUT2D eigenvalue weighted by Crippen LogP contribution is -2.12. The molecule has 0 bridgehead atoms. The number of ether oxygens (including phenoxy) is 1. The van der Waals surface area contributed by atoms with E-state index in [-0.39, 0.29) is 11.5 Å². The van der Waals surface area contributed by atoms with Crippen molar-refractivity contribution >= 4 is 10.1 Å². The fourth-order valence-corrected chi connectivity index (χ4v) is 2.33. The van der Waals surface area contributed by atoms with E-state index >= 15 is 0 Å². The third-order valence-electron chi connectivity index (χ3n) is 2.39. The lowest BCUT2D eigenvalue weighted by molar-refractivity contribution is 0.0992. The molecule has 0 amide bonds. The van der Waals surface area contributed by atoms with E-state index in [0.717, 1.165) is 19.3 Å². The highest BCUT2D eigenvalue weighted by Gasteiger charge is 2.13. The van der Waals surface area contributed by atoms with Gasteiger partial charge in [-0.1, -0.05) is 38.0 Å². The summed E-state index contributed by atoms with van der Waals surface area (Å²) >= 11 is 0. The summed E-state index contributed by atoms with van der Waals surface area (Å²) in [5, 5.41) is 0. The molecular weight excluding hydrogens is 252 g/mol. The van der Waals surface area contributed by atoms with Crippen molar-refractivity contribution in [1.29, 1.82) is 0 Å². The van der Waals surface area contributed by atoms with Crippen LogP contribution >= 0.6 is 0 Å². The fraction of sp³-hybridized carbons (Fsp3) is 0.538. The summed E-state index contributed by atoms with van der Waals surface area (Å²) in [7, 11) is -3.64. The minimum Gasteiger partial charge on any atom is -0.379 e. The van der Waals surface area contributed by atoms with Crippen LogP contribution < -0.4 is 0 Å². The Balaban J connectivity index is 2.23. The van der Waals surface area contributed by atoms with Crippen LogP contribution in [-0.2, 0) is 19.0 Å². The van der Waals surface area contributed by atoms with Gasteiger partial charge in [0, 0.05) is 6.61 Å². The van der Waals surface area contributed by atoms with E-state index < -0.39 is 10.1 Å². The van der Waals surface area contributed by atoms with Gasteiger partial charge in [0.05, 0.1) is 18.1 Å². The van der Waals surface area contributed by atoms with Gasteiger partial charge in [-0.15, -0.1) is 0 Å². The molecule has 0 unspecified atom stereocenters. The zero-order valence-corrected chi connectivity index (χ0v) is 11.5. The predicted molar refractivity (Wildman–Crippen MR) is 69.9 cm³/mol. The average molecular weight is 272 g/mol. The standard InChI is InChI=1S/C13H20O4S/c1-2-3-7-10-16-11-12-17-18(14,15)13-8-5-4-6-9-13/h4-6,8-9H,2-3,7,10-12H2,1H3. The van der Waals surface area contributed by atoms with Gasteiger partial charge >= 0.3 is 0 Å². The number of benzene rings is 1. The normalized spacial score (nSPS) is 11.6. The molecule has 18 heavy (non-hydrogen) atoms. The molecule has 0 aliphatic carbocycles. The van der Waals surface area contributed by atoms with Crippen LogP contribution in [0.25, 0.3) is 0 Å². The molecule has 4 nitrogen and oxygen atoms in total. The van der Waals surface area contributed by atoms with Crippen molar-refractivity contribution in [1.82, 2.24) is 0 Å². The third-order valence-corrected chi connectivity index (χ3v) is 3.72. The molecule has 0 spiro atoms. The largest absolute Gasteiger partial charge is 0.379 e. The van der Waals surface area contributed by atoms with Crippen molar-refractivity contribution in [3.05, 3.63) is 30.3 Å². The monoisotopic (exact) mass is 272 g/mol. The molecular formula is C13H20O4S. The Kier molecular flexibility index (Phi) is 6.93. The zero-order valence-electron chi connectivity index (χ0n) is 10.7. The molecule has 102 valence electrons. The molecule has 5 heteroatoms. The van der Waals surface area contributed by atoms with Gasteiger partial charge in [0.25, 0.3) is 10.1 Å². The Morgan fingerprint density at radius 1 is 1.00 bits per heavy atom. The summed E-state index contributed by atoms with van der Waals surface area (Å²) in [6.45, 7) is 3.14.